The highest BCUT2D eigenvalue weighted by molar-refractivity contribution is 14.0. The number of ether oxygens (including phenoxy) is 2. The smallest absolute Gasteiger partial charge is 0.191 e. The van der Waals surface area contributed by atoms with Gasteiger partial charge in [0.15, 0.2) is 5.96 Å². The predicted molar refractivity (Wildman–Crippen MR) is 130 cm³/mol. The third-order valence-electron chi connectivity index (χ3n) is 5.28. The summed E-state index contributed by atoms with van der Waals surface area (Å²) >= 11 is 0. The van der Waals surface area contributed by atoms with Gasteiger partial charge in [-0.25, -0.2) is 0 Å². The van der Waals surface area contributed by atoms with Crippen LogP contribution in [0.1, 0.15) is 24.8 Å². The topological polar surface area (TPSA) is 54.9 Å². The van der Waals surface area contributed by atoms with Gasteiger partial charge in [-0.3, -0.25) is 4.99 Å². The standard InChI is InChI=1S/C23H31N3O2.HI/c1-24-22(25-15-8-16-28-21-11-6-3-7-12-21)26-19-23(13-17-27-18-14-23)20-9-4-2-5-10-20;/h2-7,9-12H,8,13-19H2,1H3,(H2,24,25,26);1H. The lowest BCUT2D eigenvalue weighted by Crippen LogP contribution is -2.48. The molecule has 0 radical (unpaired) electrons. The Hall–Kier alpha value is -1.80. The highest BCUT2D eigenvalue weighted by Crippen LogP contribution is 2.34. The van der Waals surface area contributed by atoms with Gasteiger partial charge in [0.1, 0.15) is 5.75 Å². The summed E-state index contributed by atoms with van der Waals surface area (Å²) in [5.74, 6) is 1.75. The lowest BCUT2D eigenvalue weighted by Gasteiger charge is -2.38. The fraction of sp³-hybridized carbons (Fsp3) is 0.435. The molecule has 1 aliphatic rings. The summed E-state index contributed by atoms with van der Waals surface area (Å²) in [5.41, 5.74) is 1.46. The Morgan fingerprint density at radius 3 is 2.31 bits per heavy atom. The molecule has 0 unspecified atom stereocenters. The van der Waals surface area contributed by atoms with Gasteiger partial charge >= 0.3 is 0 Å². The van der Waals surface area contributed by atoms with Crippen LogP contribution in [0, 0.1) is 0 Å². The molecule has 0 bridgehead atoms. The minimum absolute atomic E-state index is 0. The molecule has 1 fully saturated rings. The summed E-state index contributed by atoms with van der Waals surface area (Å²) in [5, 5.41) is 6.92. The van der Waals surface area contributed by atoms with Crippen molar-refractivity contribution in [1.29, 1.82) is 0 Å². The quantitative estimate of drug-likeness (QED) is 0.245. The molecule has 2 aromatic rings. The molecule has 2 aromatic carbocycles. The van der Waals surface area contributed by atoms with Gasteiger partial charge in [-0.15, -0.1) is 24.0 Å². The summed E-state index contributed by atoms with van der Waals surface area (Å²) in [6.07, 6.45) is 2.95. The van der Waals surface area contributed by atoms with Gasteiger partial charge < -0.3 is 20.1 Å². The minimum Gasteiger partial charge on any atom is -0.494 e. The molecule has 6 heteroatoms. The predicted octanol–water partition coefficient (Wildman–Crippen LogP) is 3.99. The Morgan fingerprint density at radius 1 is 1.00 bits per heavy atom. The second kappa shape index (κ2) is 12.7. The number of aliphatic imine (C=N–C) groups is 1. The number of nitrogens with one attached hydrogen (secondary N) is 2. The molecule has 0 saturated carbocycles. The molecule has 5 nitrogen and oxygen atoms in total. The number of hydrogen-bond donors (Lipinski definition) is 2. The van der Waals surface area contributed by atoms with Crippen LogP contribution in [0.25, 0.3) is 0 Å². The van der Waals surface area contributed by atoms with Gasteiger partial charge in [0.2, 0.25) is 0 Å². The molecule has 0 aliphatic carbocycles. The first kappa shape index (κ1) is 23.5. The van der Waals surface area contributed by atoms with E-state index in [2.05, 4.69) is 46.0 Å². The van der Waals surface area contributed by atoms with E-state index in [9.17, 15) is 0 Å². The number of halogens is 1. The lowest BCUT2D eigenvalue weighted by molar-refractivity contribution is 0.0514. The maximum Gasteiger partial charge on any atom is 0.191 e. The van der Waals surface area contributed by atoms with Crippen LogP contribution in [0.2, 0.25) is 0 Å². The van der Waals surface area contributed by atoms with Crippen molar-refractivity contribution in [2.75, 3.05) is 40.0 Å². The fourth-order valence-corrected chi connectivity index (χ4v) is 3.58. The van der Waals surface area contributed by atoms with E-state index < -0.39 is 0 Å². The molecule has 0 atom stereocenters. The van der Waals surface area contributed by atoms with Crippen molar-refractivity contribution >= 4 is 29.9 Å². The van der Waals surface area contributed by atoms with Gasteiger partial charge in [-0.05, 0) is 37.0 Å². The highest BCUT2D eigenvalue weighted by atomic mass is 127. The van der Waals surface area contributed by atoms with Crippen LogP contribution < -0.4 is 15.4 Å². The average molecular weight is 509 g/mol. The van der Waals surface area contributed by atoms with Crippen molar-refractivity contribution in [1.82, 2.24) is 10.6 Å². The Bertz CT molecular complexity index is 719. The van der Waals surface area contributed by atoms with E-state index in [4.69, 9.17) is 9.47 Å². The third kappa shape index (κ3) is 7.19. The zero-order valence-corrected chi connectivity index (χ0v) is 19.4. The van der Waals surface area contributed by atoms with Crippen molar-refractivity contribution in [2.45, 2.75) is 24.7 Å². The molecular formula is C23H32IN3O2. The number of para-hydroxylation sites is 1. The second-order valence-electron chi connectivity index (χ2n) is 7.13. The molecular weight excluding hydrogens is 477 g/mol. The van der Waals surface area contributed by atoms with Crippen molar-refractivity contribution in [3.8, 4) is 5.75 Å². The molecule has 1 heterocycles. The second-order valence-corrected chi connectivity index (χ2v) is 7.13. The first-order valence-corrected chi connectivity index (χ1v) is 10.1. The van der Waals surface area contributed by atoms with E-state index in [1.165, 1.54) is 5.56 Å². The van der Waals surface area contributed by atoms with E-state index in [1.54, 1.807) is 0 Å². The SMILES string of the molecule is CN=C(NCCCOc1ccccc1)NCC1(c2ccccc2)CCOCC1.I. The van der Waals surface area contributed by atoms with E-state index in [1.807, 2.05) is 37.4 Å². The zero-order chi connectivity index (χ0) is 19.5. The van der Waals surface area contributed by atoms with E-state index in [-0.39, 0.29) is 29.4 Å². The van der Waals surface area contributed by atoms with Crippen LogP contribution in [-0.4, -0.2) is 45.9 Å². The maximum atomic E-state index is 5.74. The Labute approximate surface area is 191 Å². The molecule has 0 spiro atoms. The van der Waals surface area contributed by atoms with E-state index in [0.29, 0.717) is 6.61 Å². The van der Waals surface area contributed by atoms with Crippen LogP contribution in [0.4, 0.5) is 0 Å². The van der Waals surface area contributed by atoms with Crippen molar-refractivity contribution in [2.24, 2.45) is 4.99 Å². The van der Waals surface area contributed by atoms with Crippen LogP contribution in [0.3, 0.4) is 0 Å². The van der Waals surface area contributed by atoms with Gasteiger partial charge in [-0.1, -0.05) is 48.5 Å². The largest absolute Gasteiger partial charge is 0.494 e. The summed E-state index contributed by atoms with van der Waals surface area (Å²) in [6, 6.07) is 20.7. The lowest BCUT2D eigenvalue weighted by atomic mass is 9.74. The van der Waals surface area contributed by atoms with Crippen LogP contribution in [0.15, 0.2) is 65.7 Å². The first-order chi connectivity index (χ1) is 13.8. The Morgan fingerprint density at radius 2 is 1.66 bits per heavy atom. The molecule has 1 aliphatic heterocycles. The third-order valence-corrected chi connectivity index (χ3v) is 5.28. The Balaban J connectivity index is 0.00000300. The van der Waals surface area contributed by atoms with Gasteiger partial charge in [0.25, 0.3) is 0 Å². The van der Waals surface area contributed by atoms with Gasteiger partial charge in [0.05, 0.1) is 6.61 Å². The first-order valence-electron chi connectivity index (χ1n) is 10.1. The van der Waals surface area contributed by atoms with Gasteiger partial charge in [-0.2, -0.15) is 0 Å². The summed E-state index contributed by atoms with van der Waals surface area (Å²) in [6.45, 7) is 3.95. The van der Waals surface area contributed by atoms with Crippen LogP contribution in [-0.2, 0) is 10.2 Å². The zero-order valence-electron chi connectivity index (χ0n) is 17.1. The van der Waals surface area contributed by atoms with Crippen LogP contribution in [0.5, 0.6) is 5.75 Å². The number of rotatable bonds is 8. The van der Waals surface area contributed by atoms with Crippen molar-refractivity contribution in [3.63, 3.8) is 0 Å². The molecule has 1 saturated heterocycles. The average Bonchev–Trinajstić information content (AvgIpc) is 2.77. The molecule has 3 rings (SSSR count). The molecule has 0 aromatic heterocycles. The minimum atomic E-state index is 0. The Kier molecular flexibility index (Phi) is 10.3. The summed E-state index contributed by atoms with van der Waals surface area (Å²) in [7, 11) is 1.81. The van der Waals surface area contributed by atoms with Crippen molar-refractivity contribution in [3.05, 3.63) is 66.2 Å². The normalized spacial score (nSPS) is 15.8. The monoisotopic (exact) mass is 509 g/mol. The van der Waals surface area contributed by atoms with Gasteiger partial charge in [0, 0.05) is 38.8 Å². The summed E-state index contributed by atoms with van der Waals surface area (Å²) in [4.78, 5) is 4.38. The molecule has 2 N–H and O–H groups in total. The van der Waals surface area contributed by atoms with Crippen LogP contribution >= 0.6 is 24.0 Å². The summed E-state index contributed by atoms with van der Waals surface area (Å²) < 4.78 is 11.4. The molecule has 0 amide bonds. The number of hydrogen-bond acceptors (Lipinski definition) is 3. The highest BCUT2D eigenvalue weighted by Gasteiger charge is 2.34. The van der Waals surface area contributed by atoms with E-state index in [0.717, 1.165) is 57.3 Å². The van der Waals surface area contributed by atoms with Crippen molar-refractivity contribution < 1.29 is 9.47 Å². The van der Waals surface area contributed by atoms with E-state index >= 15 is 0 Å². The fourth-order valence-electron chi connectivity index (χ4n) is 3.58. The maximum absolute atomic E-state index is 5.74. The number of nitrogens with zero attached hydrogens (tertiary/aromatic N) is 1. The number of benzene rings is 2. The number of guanidine groups is 1. The molecule has 158 valence electrons. The molecule has 29 heavy (non-hydrogen) atoms.